The smallest absolute Gasteiger partial charge is 0.303 e. The number of nitrogens with zero attached hydrogens (tertiary/aromatic N) is 1. The van der Waals surface area contributed by atoms with E-state index in [1.165, 1.54) is 0 Å². The van der Waals surface area contributed by atoms with Crippen molar-refractivity contribution in [3.8, 4) is 0 Å². The lowest BCUT2D eigenvalue weighted by atomic mass is 9.93. The molecule has 0 aromatic carbocycles. The van der Waals surface area contributed by atoms with E-state index in [-0.39, 0.29) is 18.4 Å². The maximum Gasteiger partial charge on any atom is 0.303 e. The van der Waals surface area contributed by atoms with Crippen molar-refractivity contribution in [2.24, 2.45) is 5.92 Å². The van der Waals surface area contributed by atoms with Gasteiger partial charge in [0.15, 0.2) is 0 Å². The van der Waals surface area contributed by atoms with E-state index in [1.54, 1.807) is 6.26 Å². The average Bonchev–Trinajstić information content (AvgIpc) is 2.81. The Morgan fingerprint density at radius 3 is 3.18 bits per heavy atom. The summed E-state index contributed by atoms with van der Waals surface area (Å²) < 4.78 is 5.41. The Bertz CT molecular complexity index is 361. The molecule has 4 heteroatoms. The number of furan rings is 1. The lowest BCUT2D eigenvalue weighted by Gasteiger charge is -2.35. The standard InChI is InChI=1S/C13H19NO3/c1-10(12-5-3-7-17-12)14-6-2-4-11(9-14)8-13(15)16/h3,5,7,10-11H,2,4,6,8-9H2,1H3,(H,15,16). The normalized spacial score (nSPS) is 23.5. The fourth-order valence-corrected chi connectivity index (χ4v) is 2.57. The van der Waals surface area contributed by atoms with Crippen LogP contribution in [-0.2, 0) is 4.79 Å². The fourth-order valence-electron chi connectivity index (χ4n) is 2.57. The number of carbonyl (C=O) groups is 1. The van der Waals surface area contributed by atoms with E-state index in [0.29, 0.717) is 0 Å². The molecule has 17 heavy (non-hydrogen) atoms. The average molecular weight is 237 g/mol. The first-order valence-electron chi connectivity index (χ1n) is 6.16. The first kappa shape index (κ1) is 12.2. The van der Waals surface area contributed by atoms with Gasteiger partial charge in [-0.05, 0) is 44.4 Å². The van der Waals surface area contributed by atoms with Gasteiger partial charge in [-0.2, -0.15) is 0 Å². The van der Waals surface area contributed by atoms with Gasteiger partial charge < -0.3 is 9.52 Å². The number of rotatable bonds is 4. The minimum absolute atomic E-state index is 0.238. The van der Waals surface area contributed by atoms with Gasteiger partial charge in [0.2, 0.25) is 0 Å². The Balaban J connectivity index is 1.95. The third kappa shape index (κ3) is 3.09. The first-order chi connectivity index (χ1) is 8.16. The molecule has 94 valence electrons. The van der Waals surface area contributed by atoms with Crippen LogP contribution >= 0.6 is 0 Å². The van der Waals surface area contributed by atoms with E-state index in [9.17, 15) is 4.79 Å². The number of hydrogen-bond donors (Lipinski definition) is 1. The van der Waals surface area contributed by atoms with Gasteiger partial charge in [-0.3, -0.25) is 9.69 Å². The molecule has 1 saturated heterocycles. The Hall–Kier alpha value is -1.29. The van der Waals surface area contributed by atoms with Crippen LogP contribution in [0.25, 0.3) is 0 Å². The van der Waals surface area contributed by atoms with Gasteiger partial charge in [0.25, 0.3) is 0 Å². The van der Waals surface area contributed by atoms with Gasteiger partial charge >= 0.3 is 5.97 Å². The highest BCUT2D eigenvalue weighted by Gasteiger charge is 2.26. The number of carboxylic acids is 1. The van der Waals surface area contributed by atoms with Crippen molar-refractivity contribution in [2.75, 3.05) is 13.1 Å². The third-order valence-corrected chi connectivity index (χ3v) is 3.52. The molecule has 0 spiro atoms. The van der Waals surface area contributed by atoms with Crippen LogP contribution in [0.1, 0.15) is 38.0 Å². The molecule has 1 fully saturated rings. The third-order valence-electron chi connectivity index (χ3n) is 3.52. The van der Waals surface area contributed by atoms with Crippen LogP contribution in [0.5, 0.6) is 0 Å². The molecule has 0 radical (unpaired) electrons. The Labute approximate surface area is 101 Å². The van der Waals surface area contributed by atoms with Crippen molar-refractivity contribution in [1.82, 2.24) is 4.90 Å². The monoisotopic (exact) mass is 237 g/mol. The molecule has 4 nitrogen and oxygen atoms in total. The van der Waals surface area contributed by atoms with Gasteiger partial charge in [0.1, 0.15) is 5.76 Å². The molecule has 0 aliphatic carbocycles. The molecular formula is C13H19NO3. The van der Waals surface area contributed by atoms with Gasteiger partial charge in [0.05, 0.1) is 12.3 Å². The first-order valence-corrected chi connectivity index (χ1v) is 6.16. The van der Waals surface area contributed by atoms with Crippen molar-refractivity contribution in [2.45, 2.75) is 32.2 Å². The van der Waals surface area contributed by atoms with E-state index in [0.717, 1.165) is 31.7 Å². The van der Waals surface area contributed by atoms with E-state index < -0.39 is 5.97 Å². The number of carboxylic acid groups (broad SMARTS) is 1. The lowest BCUT2D eigenvalue weighted by Crippen LogP contribution is -2.37. The molecular weight excluding hydrogens is 218 g/mol. The van der Waals surface area contributed by atoms with Crippen LogP contribution in [0.2, 0.25) is 0 Å². The Morgan fingerprint density at radius 1 is 1.71 bits per heavy atom. The second-order valence-electron chi connectivity index (χ2n) is 4.79. The predicted octanol–water partition coefficient (Wildman–Crippen LogP) is 2.53. The van der Waals surface area contributed by atoms with Gasteiger partial charge in [-0.25, -0.2) is 0 Å². The van der Waals surface area contributed by atoms with Gasteiger partial charge in [-0.1, -0.05) is 0 Å². The topological polar surface area (TPSA) is 53.7 Å². The summed E-state index contributed by atoms with van der Waals surface area (Å²) in [6, 6.07) is 4.11. The van der Waals surface area contributed by atoms with Crippen molar-refractivity contribution in [1.29, 1.82) is 0 Å². The molecule has 1 aromatic rings. The largest absolute Gasteiger partial charge is 0.481 e. The Kier molecular flexibility index (Phi) is 3.84. The highest BCUT2D eigenvalue weighted by Crippen LogP contribution is 2.28. The summed E-state index contributed by atoms with van der Waals surface area (Å²) >= 11 is 0. The van der Waals surface area contributed by atoms with Gasteiger partial charge in [0, 0.05) is 13.0 Å². The van der Waals surface area contributed by atoms with Crippen molar-refractivity contribution in [3.63, 3.8) is 0 Å². The zero-order valence-electron chi connectivity index (χ0n) is 10.1. The second-order valence-corrected chi connectivity index (χ2v) is 4.79. The number of likely N-dealkylation sites (tertiary alicyclic amines) is 1. The summed E-state index contributed by atoms with van der Waals surface area (Å²) in [5.41, 5.74) is 0. The summed E-state index contributed by atoms with van der Waals surface area (Å²) in [4.78, 5) is 13.1. The van der Waals surface area contributed by atoms with Crippen LogP contribution in [0.3, 0.4) is 0 Å². The zero-order chi connectivity index (χ0) is 12.3. The van der Waals surface area contributed by atoms with Gasteiger partial charge in [-0.15, -0.1) is 0 Å². The van der Waals surface area contributed by atoms with Crippen LogP contribution in [0.15, 0.2) is 22.8 Å². The molecule has 1 aliphatic heterocycles. The number of aliphatic carboxylic acids is 1. The predicted molar refractivity (Wildman–Crippen MR) is 63.7 cm³/mol. The molecule has 0 bridgehead atoms. The van der Waals surface area contributed by atoms with Crippen molar-refractivity contribution >= 4 is 5.97 Å². The molecule has 2 rings (SSSR count). The summed E-state index contributed by atoms with van der Waals surface area (Å²) in [5, 5.41) is 8.84. The minimum Gasteiger partial charge on any atom is -0.481 e. The molecule has 2 heterocycles. The van der Waals surface area contributed by atoms with Crippen molar-refractivity contribution in [3.05, 3.63) is 24.2 Å². The van der Waals surface area contributed by atoms with E-state index in [1.807, 2.05) is 12.1 Å². The second kappa shape index (κ2) is 5.36. The van der Waals surface area contributed by atoms with Crippen molar-refractivity contribution < 1.29 is 14.3 Å². The summed E-state index contributed by atoms with van der Waals surface area (Å²) in [7, 11) is 0. The van der Waals surface area contributed by atoms with Crippen LogP contribution in [0.4, 0.5) is 0 Å². The van der Waals surface area contributed by atoms with Crippen LogP contribution in [0, 0.1) is 5.92 Å². The SMILES string of the molecule is CC(c1ccco1)N1CCCC(CC(=O)O)C1. The molecule has 1 aliphatic rings. The maximum atomic E-state index is 10.7. The Morgan fingerprint density at radius 2 is 2.53 bits per heavy atom. The minimum atomic E-state index is -0.692. The number of hydrogen-bond acceptors (Lipinski definition) is 3. The molecule has 1 aromatic heterocycles. The van der Waals surface area contributed by atoms with E-state index >= 15 is 0 Å². The molecule has 2 unspecified atom stereocenters. The fraction of sp³-hybridized carbons (Fsp3) is 0.615. The highest BCUT2D eigenvalue weighted by atomic mass is 16.4. The summed E-state index contributed by atoms with van der Waals surface area (Å²) in [6.07, 6.45) is 4.06. The molecule has 0 amide bonds. The van der Waals surface area contributed by atoms with Crippen LogP contribution in [-0.4, -0.2) is 29.1 Å². The lowest BCUT2D eigenvalue weighted by molar-refractivity contribution is -0.138. The van der Waals surface area contributed by atoms with Crippen LogP contribution < -0.4 is 0 Å². The zero-order valence-corrected chi connectivity index (χ0v) is 10.1. The summed E-state index contributed by atoms with van der Waals surface area (Å²) in [6.45, 7) is 3.99. The van der Waals surface area contributed by atoms with E-state index in [4.69, 9.17) is 9.52 Å². The highest BCUT2D eigenvalue weighted by molar-refractivity contribution is 5.67. The number of piperidine rings is 1. The van der Waals surface area contributed by atoms with E-state index in [2.05, 4.69) is 11.8 Å². The molecule has 2 atom stereocenters. The summed E-state index contributed by atoms with van der Waals surface area (Å²) in [5.74, 6) is 0.544. The maximum absolute atomic E-state index is 10.7. The molecule has 1 N–H and O–H groups in total. The quantitative estimate of drug-likeness (QED) is 0.874. The molecule has 0 saturated carbocycles.